The Labute approximate surface area is 226 Å². The van der Waals surface area contributed by atoms with Crippen molar-refractivity contribution < 1.29 is 16.8 Å². The Bertz CT molecular complexity index is 1850. The minimum Gasteiger partial charge on any atom is -0.237 e. The molecule has 0 amide bonds. The lowest BCUT2D eigenvalue weighted by Crippen LogP contribution is -2.27. The Hall–Kier alpha value is -3.31. The van der Waals surface area contributed by atoms with Gasteiger partial charge in [0, 0.05) is 36.4 Å². The van der Waals surface area contributed by atoms with Gasteiger partial charge < -0.3 is 0 Å². The van der Waals surface area contributed by atoms with Crippen LogP contribution in [0.1, 0.15) is 18.4 Å². The van der Waals surface area contributed by atoms with Crippen molar-refractivity contribution in [3.05, 3.63) is 89.4 Å². The largest absolute Gasteiger partial charge is 0.269 e. The normalized spacial score (nSPS) is 14.9. The van der Waals surface area contributed by atoms with Crippen LogP contribution < -0.4 is 0 Å². The number of rotatable bonds is 6. The van der Waals surface area contributed by atoms with Crippen LogP contribution >= 0.6 is 11.3 Å². The quantitative estimate of drug-likeness (QED) is 0.262. The molecule has 7 nitrogen and oxygen atoms in total. The van der Waals surface area contributed by atoms with E-state index in [-0.39, 0.29) is 15.4 Å². The average Bonchev–Trinajstić information content (AvgIpc) is 3.70. The fraction of sp³-hybridized carbons (Fsp3) is 0.179. The van der Waals surface area contributed by atoms with Crippen LogP contribution in [-0.2, 0) is 20.0 Å². The molecule has 0 bridgehead atoms. The van der Waals surface area contributed by atoms with E-state index >= 15 is 0 Å². The third-order valence-electron chi connectivity index (χ3n) is 6.91. The molecular weight excluding hydrogens is 539 g/mol. The predicted octanol–water partition coefficient (Wildman–Crippen LogP) is 5.76. The summed E-state index contributed by atoms with van der Waals surface area (Å²) in [6.45, 7) is 2.91. The monoisotopic (exact) mass is 563 g/mol. The Morgan fingerprint density at radius 1 is 0.816 bits per heavy atom. The second-order valence-electron chi connectivity index (χ2n) is 9.36. The molecule has 1 aliphatic rings. The molecule has 0 atom stereocenters. The molecule has 38 heavy (non-hydrogen) atoms. The molecule has 1 fully saturated rings. The van der Waals surface area contributed by atoms with E-state index in [1.54, 1.807) is 66.2 Å². The van der Waals surface area contributed by atoms with Crippen LogP contribution in [0.5, 0.6) is 0 Å². The number of fused-ring (bicyclic) bond motifs is 1. The maximum absolute atomic E-state index is 13.8. The van der Waals surface area contributed by atoms with Gasteiger partial charge in [0.2, 0.25) is 10.0 Å². The van der Waals surface area contributed by atoms with E-state index in [2.05, 4.69) is 4.98 Å². The van der Waals surface area contributed by atoms with Gasteiger partial charge in [-0.25, -0.2) is 25.8 Å². The number of aryl methyl sites for hydroxylation is 1. The molecule has 4 heterocycles. The van der Waals surface area contributed by atoms with Gasteiger partial charge in [-0.05, 0) is 83.6 Å². The van der Waals surface area contributed by atoms with E-state index < -0.39 is 20.0 Å². The zero-order valence-electron chi connectivity index (χ0n) is 20.6. The van der Waals surface area contributed by atoms with Crippen molar-refractivity contribution >= 4 is 42.4 Å². The van der Waals surface area contributed by atoms with Crippen molar-refractivity contribution in [1.82, 2.24) is 13.3 Å². The standard InChI is InChI=1S/C28H25N3O4S3/c1-20-7-9-23(10-8-20)38(34,35)31-18-26(27-25(11-13-29-28(27)31)22-12-16-36-19-22)21-5-4-6-24(17-21)37(32,33)30-14-2-3-15-30/h4-13,16-19H,2-3,14-15H2,1H3. The van der Waals surface area contributed by atoms with Crippen LogP contribution in [0.2, 0.25) is 0 Å². The number of hydrogen-bond donors (Lipinski definition) is 0. The molecule has 0 unspecified atom stereocenters. The molecule has 1 aliphatic heterocycles. The molecule has 10 heteroatoms. The molecular formula is C28H25N3O4S3. The van der Waals surface area contributed by atoms with E-state index in [4.69, 9.17) is 0 Å². The number of hydrogen-bond acceptors (Lipinski definition) is 6. The zero-order valence-corrected chi connectivity index (χ0v) is 23.1. The summed E-state index contributed by atoms with van der Waals surface area (Å²) in [6, 6.07) is 17.3. The van der Waals surface area contributed by atoms with E-state index in [1.165, 1.54) is 8.28 Å². The third kappa shape index (κ3) is 4.17. The summed E-state index contributed by atoms with van der Waals surface area (Å²) in [7, 11) is -7.63. The molecule has 5 aromatic rings. The van der Waals surface area contributed by atoms with Crippen LogP contribution in [0, 0.1) is 6.92 Å². The lowest BCUT2D eigenvalue weighted by atomic mass is 10.00. The van der Waals surface area contributed by atoms with Gasteiger partial charge in [0.05, 0.1) is 9.79 Å². The van der Waals surface area contributed by atoms with Gasteiger partial charge >= 0.3 is 0 Å². The third-order valence-corrected chi connectivity index (χ3v) is 11.2. The summed E-state index contributed by atoms with van der Waals surface area (Å²) in [6.07, 6.45) is 4.86. The van der Waals surface area contributed by atoms with E-state index in [0.717, 1.165) is 29.5 Å². The van der Waals surface area contributed by atoms with Gasteiger partial charge in [-0.2, -0.15) is 15.6 Å². The van der Waals surface area contributed by atoms with Crippen LogP contribution in [0.15, 0.2) is 93.6 Å². The zero-order chi connectivity index (χ0) is 26.5. The minimum atomic E-state index is -3.98. The summed E-state index contributed by atoms with van der Waals surface area (Å²) < 4.78 is 57.0. The first-order valence-corrected chi connectivity index (χ1v) is 16.0. The molecule has 2 aromatic carbocycles. The SMILES string of the molecule is Cc1ccc(S(=O)(=O)n2cc(-c3cccc(S(=O)(=O)N4CCCC4)c3)c3c(-c4ccsc4)ccnc32)cc1. The Morgan fingerprint density at radius 2 is 1.58 bits per heavy atom. The molecule has 6 rings (SSSR count). The van der Waals surface area contributed by atoms with Crippen molar-refractivity contribution in [1.29, 1.82) is 0 Å². The van der Waals surface area contributed by atoms with Crippen LogP contribution in [-0.4, -0.2) is 43.2 Å². The average molecular weight is 564 g/mol. The number of aromatic nitrogens is 2. The smallest absolute Gasteiger partial charge is 0.237 e. The van der Waals surface area contributed by atoms with Gasteiger partial charge in [-0.1, -0.05) is 29.8 Å². The van der Waals surface area contributed by atoms with Crippen molar-refractivity contribution in [2.45, 2.75) is 29.6 Å². The second-order valence-corrected chi connectivity index (χ2v) is 13.9. The van der Waals surface area contributed by atoms with Crippen LogP contribution in [0.4, 0.5) is 0 Å². The van der Waals surface area contributed by atoms with Crippen molar-refractivity contribution in [3.63, 3.8) is 0 Å². The second kappa shape index (κ2) is 9.46. The molecule has 0 N–H and O–H groups in total. The highest BCUT2D eigenvalue weighted by atomic mass is 32.2. The van der Waals surface area contributed by atoms with Gasteiger partial charge in [0.25, 0.3) is 10.0 Å². The lowest BCUT2D eigenvalue weighted by molar-refractivity contribution is 0.477. The molecule has 0 radical (unpaired) electrons. The fourth-order valence-electron chi connectivity index (χ4n) is 4.91. The highest BCUT2D eigenvalue weighted by Crippen LogP contribution is 2.39. The highest BCUT2D eigenvalue weighted by molar-refractivity contribution is 7.90. The van der Waals surface area contributed by atoms with Crippen LogP contribution in [0.25, 0.3) is 33.3 Å². The minimum absolute atomic E-state index is 0.152. The molecule has 0 saturated carbocycles. The summed E-state index contributed by atoms with van der Waals surface area (Å²) >= 11 is 1.54. The highest BCUT2D eigenvalue weighted by Gasteiger charge is 2.29. The number of sulfonamides is 1. The molecule has 3 aromatic heterocycles. The number of nitrogens with zero attached hydrogens (tertiary/aromatic N) is 3. The summed E-state index contributed by atoms with van der Waals surface area (Å²) in [5, 5.41) is 4.61. The van der Waals surface area contributed by atoms with Crippen LogP contribution in [0.3, 0.4) is 0 Å². The van der Waals surface area contributed by atoms with Crippen molar-refractivity contribution in [2.75, 3.05) is 13.1 Å². The number of pyridine rings is 1. The number of thiophene rings is 1. The van der Waals surface area contributed by atoms with E-state index in [0.29, 0.717) is 29.6 Å². The van der Waals surface area contributed by atoms with Gasteiger partial charge in [-0.3, -0.25) is 0 Å². The fourth-order valence-corrected chi connectivity index (χ4v) is 8.45. The Kier molecular flexibility index (Phi) is 6.22. The summed E-state index contributed by atoms with van der Waals surface area (Å²) in [5.41, 5.74) is 4.22. The maximum Gasteiger partial charge on any atom is 0.269 e. The van der Waals surface area contributed by atoms with Gasteiger partial charge in [-0.15, -0.1) is 0 Å². The molecule has 0 spiro atoms. The van der Waals surface area contributed by atoms with Gasteiger partial charge in [0.15, 0.2) is 5.65 Å². The first kappa shape index (κ1) is 25.0. The first-order chi connectivity index (χ1) is 18.3. The van der Waals surface area contributed by atoms with E-state index in [1.807, 2.05) is 35.9 Å². The van der Waals surface area contributed by atoms with Gasteiger partial charge in [0.1, 0.15) is 0 Å². The van der Waals surface area contributed by atoms with E-state index in [9.17, 15) is 16.8 Å². The first-order valence-electron chi connectivity index (χ1n) is 12.2. The lowest BCUT2D eigenvalue weighted by Gasteiger charge is -2.16. The maximum atomic E-state index is 13.8. The summed E-state index contributed by atoms with van der Waals surface area (Å²) in [4.78, 5) is 4.85. The summed E-state index contributed by atoms with van der Waals surface area (Å²) in [5.74, 6) is 0. The predicted molar refractivity (Wildman–Crippen MR) is 150 cm³/mol. The van der Waals surface area contributed by atoms with Crippen molar-refractivity contribution in [3.8, 4) is 22.3 Å². The van der Waals surface area contributed by atoms with Crippen molar-refractivity contribution in [2.24, 2.45) is 0 Å². The topological polar surface area (TPSA) is 89.3 Å². The molecule has 1 saturated heterocycles. The Morgan fingerprint density at radius 3 is 2.29 bits per heavy atom. The number of benzene rings is 2. The molecule has 194 valence electrons. The Balaban J connectivity index is 1.60. The molecule has 0 aliphatic carbocycles.